The second kappa shape index (κ2) is 23.9. The Balaban J connectivity index is 0. The zero-order chi connectivity index (χ0) is 20.8. The Kier molecular flexibility index (Phi) is 25.8. The van der Waals surface area contributed by atoms with Crippen molar-refractivity contribution in [3.63, 3.8) is 0 Å². The number of carboxylic acid groups (broad SMARTS) is 2. The van der Waals surface area contributed by atoms with Crippen LogP contribution in [-0.4, -0.2) is 56.1 Å². The van der Waals surface area contributed by atoms with E-state index in [0.717, 1.165) is 0 Å². The Bertz CT molecular complexity index is 326. The molecule has 0 spiro atoms. The number of unbranched alkanes of at least 4 members (excludes halogenated alkanes) is 13. The van der Waals surface area contributed by atoms with Gasteiger partial charge >= 0.3 is 114 Å². The van der Waals surface area contributed by atoms with Crippen LogP contribution in [0.1, 0.15) is 110 Å². The van der Waals surface area contributed by atoms with Gasteiger partial charge in [-0.15, -0.1) is 0 Å². The molecule has 27 heavy (non-hydrogen) atoms. The molecule has 0 aromatic rings. The van der Waals surface area contributed by atoms with Crippen LogP contribution in [0.3, 0.4) is 0 Å². The first-order valence-corrected chi connectivity index (χ1v) is 12.6. The predicted molar refractivity (Wildman–Crippen MR) is 113 cm³/mol. The fourth-order valence-corrected chi connectivity index (χ4v) is 3.35. The first-order chi connectivity index (χ1) is 13.0. The SMILES string of the molecule is CCCCCCCCCCCCCCC[CH2][Na].NC(CCC(=O)O)C(=O)O. The Labute approximate surface area is 184 Å². The van der Waals surface area contributed by atoms with Gasteiger partial charge in [-0.25, -0.2) is 0 Å². The van der Waals surface area contributed by atoms with Crippen LogP contribution in [0.25, 0.3) is 0 Å². The van der Waals surface area contributed by atoms with Gasteiger partial charge in [0.2, 0.25) is 0 Å². The maximum absolute atomic E-state index is 9.99. The van der Waals surface area contributed by atoms with E-state index in [1.165, 1.54) is 121 Å². The van der Waals surface area contributed by atoms with Crippen molar-refractivity contribution in [2.24, 2.45) is 5.73 Å². The van der Waals surface area contributed by atoms with E-state index in [9.17, 15) is 9.59 Å². The summed E-state index contributed by atoms with van der Waals surface area (Å²) in [5, 5.41) is 16.3. The molecule has 0 saturated heterocycles. The molecule has 0 bridgehead atoms. The minimum atomic E-state index is -1.17. The summed E-state index contributed by atoms with van der Waals surface area (Å²) in [4.78, 5) is 19.9. The van der Waals surface area contributed by atoms with E-state index < -0.39 is 18.0 Å². The van der Waals surface area contributed by atoms with Crippen molar-refractivity contribution in [2.75, 3.05) is 0 Å². The van der Waals surface area contributed by atoms with Crippen molar-refractivity contribution in [1.82, 2.24) is 0 Å². The van der Waals surface area contributed by atoms with E-state index in [4.69, 9.17) is 15.9 Å². The summed E-state index contributed by atoms with van der Waals surface area (Å²) in [6.07, 6.45) is 20.5. The summed E-state index contributed by atoms with van der Waals surface area (Å²) < 4.78 is 1.51. The van der Waals surface area contributed by atoms with Gasteiger partial charge < -0.3 is 15.9 Å². The number of rotatable bonds is 18. The van der Waals surface area contributed by atoms with E-state index in [1.54, 1.807) is 0 Å². The predicted octanol–water partition coefficient (Wildman–Crippen LogP) is 5.32. The van der Waals surface area contributed by atoms with Gasteiger partial charge in [-0.1, -0.05) is 26.2 Å². The molecule has 0 rings (SSSR count). The first kappa shape index (κ1) is 29.1. The molecule has 1 unspecified atom stereocenters. The zero-order valence-electron chi connectivity index (χ0n) is 17.9. The van der Waals surface area contributed by atoms with Crippen LogP contribution in [-0.2, 0) is 9.59 Å². The molecule has 0 aromatic heterocycles. The zero-order valence-corrected chi connectivity index (χ0v) is 19.9. The van der Waals surface area contributed by atoms with Gasteiger partial charge in [-0.05, 0) is 6.42 Å². The molecule has 5 nitrogen and oxygen atoms in total. The second-order valence-corrected chi connectivity index (χ2v) is 8.47. The Morgan fingerprint density at radius 3 is 1.44 bits per heavy atom. The van der Waals surface area contributed by atoms with E-state index >= 15 is 0 Å². The minimum absolute atomic E-state index is 0.0231. The molecule has 1 atom stereocenters. The van der Waals surface area contributed by atoms with Crippen LogP contribution < -0.4 is 5.73 Å². The molecule has 0 aliphatic carbocycles. The molecular formula is C21H42NNaO4. The summed E-state index contributed by atoms with van der Waals surface area (Å²) >= 11 is 1.41. The molecule has 6 heteroatoms. The third kappa shape index (κ3) is 28.2. The second-order valence-electron chi connectivity index (χ2n) is 7.47. The quantitative estimate of drug-likeness (QED) is 0.215. The van der Waals surface area contributed by atoms with Gasteiger partial charge in [0.05, 0.1) is 0 Å². The van der Waals surface area contributed by atoms with E-state index in [-0.39, 0.29) is 12.8 Å². The van der Waals surface area contributed by atoms with E-state index in [2.05, 4.69) is 6.92 Å². The molecule has 0 aliphatic rings. The number of carbonyl (C=O) groups is 2. The topological polar surface area (TPSA) is 101 Å². The Morgan fingerprint density at radius 2 is 1.15 bits per heavy atom. The monoisotopic (exact) mass is 395 g/mol. The van der Waals surface area contributed by atoms with Gasteiger partial charge in [0.1, 0.15) is 6.04 Å². The molecule has 0 amide bonds. The molecule has 0 radical (unpaired) electrons. The number of hydrogen-bond acceptors (Lipinski definition) is 3. The standard InChI is InChI=1S/C16H33.C5H9NO4.Na/c1-3-5-7-9-11-13-15-16-14-12-10-8-6-4-2;6-3(5(9)10)1-2-4(7)8;/h1,3-16H2,2H3;3H,1-2,6H2,(H,7,8)(H,9,10);. The fraction of sp³-hybridized carbons (Fsp3) is 0.905. The van der Waals surface area contributed by atoms with Gasteiger partial charge in [-0.3, -0.25) is 9.59 Å². The fourth-order valence-electron chi connectivity index (χ4n) is 2.85. The van der Waals surface area contributed by atoms with Crippen molar-refractivity contribution in [3.05, 3.63) is 0 Å². The summed E-state index contributed by atoms with van der Waals surface area (Å²) in [5.41, 5.74) is 5.00. The number of hydrogen-bond donors (Lipinski definition) is 3. The smallest absolute Gasteiger partial charge is 0.320 e. The van der Waals surface area contributed by atoms with Gasteiger partial charge in [0.15, 0.2) is 0 Å². The summed E-state index contributed by atoms with van der Waals surface area (Å²) in [6.45, 7) is 2.29. The summed E-state index contributed by atoms with van der Waals surface area (Å²) in [6, 6.07) is -1.06. The van der Waals surface area contributed by atoms with Gasteiger partial charge in [0, 0.05) is 6.42 Å². The van der Waals surface area contributed by atoms with Gasteiger partial charge in [0.25, 0.3) is 0 Å². The normalized spacial score (nSPS) is 11.6. The largest absolute Gasteiger partial charge is 0.481 e. The first-order valence-electron chi connectivity index (χ1n) is 11.2. The molecular weight excluding hydrogens is 353 g/mol. The maximum atomic E-state index is 9.99. The molecule has 4 N–H and O–H groups in total. The minimum Gasteiger partial charge on any atom is -0.481 e. The van der Waals surface area contributed by atoms with E-state index in [1.807, 2.05) is 0 Å². The van der Waals surface area contributed by atoms with Gasteiger partial charge in [-0.2, -0.15) is 0 Å². The molecule has 0 aliphatic heterocycles. The van der Waals surface area contributed by atoms with Crippen LogP contribution in [0.15, 0.2) is 0 Å². The maximum Gasteiger partial charge on any atom is 0.320 e. The number of nitrogens with two attached hydrogens (primary N) is 1. The van der Waals surface area contributed by atoms with Crippen molar-refractivity contribution in [1.29, 1.82) is 0 Å². The Morgan fingerprint density at radius 1 is 0.778 bits per heavy atom. The Hall–Kier alpha value is -0.100. The molecule has 0 saturated carbocycles. The number of aliphatic carboxylic acids is 2. The van der Waals surface area contributed by atoms with Crippen LogP contribution in [0.5, 0.6) is 0 Å². The molecule has 156 valence electrons. The third-order valence-corrected chi connectivity index (χ3v) is 5.40. The molecule has 0 aromatic carbocycles. The number of carboxylic acids is 2. The third-order valence-electron chi connectivity index (χ3n) is 4.69. The van der Waals surface area contributed by atoms with Crippen molar-refractivity contribution in [2.45, 2.75) is 119 Å². The van der Waals surface area contributed by atoms with Crippen molar-refractivity contribution < 1.29 is 19.8 Å². The van der Waals surface area contributed by atoms with Crippen LogP contribution in [0.2, 0.25) is 3.67 Å². The van der Waals surface area contributed by atoms with Crippen LogP contribution in [0.4, 0.5) is 0 Å². The average Bonchev–Trinajstić information content (AvgIpc) is 2.64. The average molecular weight is 396 g/mol. The molecule has 0 heterocycles. The van der Waals surface area contributed by atoms with Crippen molar-refractivity contribution in [3.8, 4) is 0 Å². The van der Waals surface area contributed by atoms with Crippen LogP contribution in [0, 0.1) is 0 Å². The van der Waals surface area contributed by atoms with Crippen LogP contribution >= 0.6 is 0 Å². The summed E-state index contributed by atoms with van der Waals surface area (Å²) in [7, 11) is 0. The molecule has 0 fully saturated rings. The van der Waals surface area contributed by atoms with Crippen molar-refractivity contribution >= 4 is 39.9 Å². The van der Waals surface area contributed by atoms with E-state index in [0.29, 0.717) is 0 Å². The summed E-state index contributed by atoms with van der Waals surface area (Å²) in [5.74, 6) is -2.20.